The van der Waals surface area contributed by atoms with Crippen LogP contribution in [0.2, 0.25) is 0 Å². The Morgan fingerprint density at radius 1 is 0.438 bits per heavy atom. The van der Waals surface area contributed by atoms with Crippen molar-refractivity contribution in [2.45, 2.75) is 47.8 Å². The van der Waals surface area contributed by atoms with Gasteiger partial charge in [-0.15, -0.1) is 0 Å². The third kappa shape index (κ3) is 4.53. The molecule has 0 heterocycles. The number of ether oxygens (including phenoxy) is 2. The molecule has 0 amide bonds. The van der Waals surface area contributed by atoms with E-state index in [1.807, 2.05) is 0 Å². The standard InChI is InChI=1S/C12H9F17O3/c13-5(14,7(17,18)9(21,22)11(25,26)27)6(15,16)8(19,20)10(23,24)12(28,29)32-4-3-31-2-1-30/h30H,1-4H2. The quantitative estimate of drug-likeness (QED) is 0.290. The number of rotatable bonds is 12. The van der Waals surface area contributed by atoms with Gasteiger partial charge in [-0.3, -0.25) is 0 Å². The van der Waals surface area contributed by atoms with Crippen LogP contribution in [0.4, 0.5) is 74.6 Å². The predicted molar refractivity (Wildman–Crippen MR) is 64.5 cm³/mol. The number of hydrogen-bond acceptors (Lipinski definition) is 3. The second kappa shape index (κ2) is 8.80. The van der Waals surface area contributed by atoms with Crippen LogP contribution in [0.25, 0.3) is 0 Å². The summed E-state index contributed by atoms with van der Waals surface area (Å²) >= 11 is 0. The third-order valence-corrected chi connectivity index (χ3v) is 3.44. The fourth-order valence-electron chi connectivity index (χ4n) is 1.64. The molecule has 0 unspecified atom stereocenters. The maximum absolute atomic E-state index is 13.4. The zero-order valence-corrected chi connectivity index (χ0v) is 14.5. The van der Waals surface area contributed by atoms with Crippen molar-refractivity contribution in [3.05, 3.63) is 0 Å². The molecular formula is C12H9F17O3. The van der Waals surface area contributed by atoms with Crippen LogP contribution in [0.5, 0.6) is 0 Å². The number of hydrogen-bond donors (Lipinski definition) is 1. The van der Waals surface area contributed by atoms with E-state index in [0.717, 1.165) is 0 Å². The Morgan fingerprint density at radius 3 is 1.12 bits per heavy atom. The van der Waals surface area contributed by atoms with Crippen molar-refractivity contribution in [3.8, 4) is 0 Å². The van der Waals surface area contributed by atoms with Gasteiger partial charge in [-0.2, -0.15) is 74.6 Å². The largest absolute Gasteiger partial charge is 0.460 e. The van der Waals surface area contributed by atoms with Crippen LogP contribution in [0, 0.1) is 0 Å². The van der Waals surface area contributed by atoms with Crippen LogP contribution in [0.3, 0.4) is 0 Å². The van der Waals surface area contributed by atoms with E-state index in [2.05, 4.69) is 9.47 Å². The van der Waals surface area contributed by atoms with Gasteiger partial charge in [0.05, 0.1) is 26.4 Å². The normalized spacial score (nSPS) is 15.9. The molecule has 0 bridgehead atoms. The van der Waals surface area contributed by atoms with Crippen LogP contribution >= 0.6 is 0 Å². The molecule has 20 heteroatoms. The molecule has 194 valence electrons. The zero-order chi connectivity index (χ0) is 26.2. The van der Waals surface area contributed by atoms with Gasteiger partial charge in [0.1, 0.15) is 0 Å². The Bertz CT molecular complexity index is 627. The van der Waals surface area contributed by atoms with Crippen LogP contribution in [0.15, 0.2) is 0 Å². The minimum absolute atomic E-state index is 0.686. The highest BCUT2D eigenvalue weighted by Gasteiger charge is 2.95. The summed E-state index contributed by atoms with van der Waals surface area (Å²) in [6, 6.07) is 0. The van der Waals surface area contributed by atoms with Gasteiger partial charge in [-0.05, 0) is 0 Å². The molecule has 0 fully saturated rings. The van der Waals surface area contributed by atoms with Gasteiger partial charge in [-0.25, -0.2) is 0 Å². The van der Waals surface area contributed by atoms with Crippen LogP contribution in [-0.2, 0) is 9.47 Å². The zero-order valence-electron chi connectivity index (χ0n) is 14.5. The molecule has 1 N–H and O–H groups in total. The molecule has 0 saturated carbocycles. The lowest BCUT2D eigenvalue weighted by Crippen LogP contribution is -2.74. The lowest BCUT2D eigenvalue weighted by molar-refractivity contribution is -0.477. The SMILES string of the molecule is OCCOCCOC(F)(F)C(F)(F)C(F)(F)C(F)(F)C(F)(F)C(F)(F)C(F)(F)C(F)(F)F. The van der Waals surface area contributed by atoms with Gasteiger partial charge in [0.15, 0.2) is 0 Å². The Hall–Kier alpha value is -1.31. The Morgan fingerprint density at radius 2 is 0.781 bits per heavy atom. The van der Waals surface area contributed by atoms with E-state index in [1.54, 1.807) is 0 Å². The highest BCUT2D eigenvalue weighted by atomic mass is 19.4. The summed E-state index contributed by atoms with van der Waals surface area (Å²) in [7, 11) is 0. The van der Waals surface area contributed by atoms with Gasteiger partial charge in [-0.1, -0.05) is 0 Å². The molecule has 0 aromatic rings. The molecule has 3 nitrogen and oxygen atoms in total. The first-order chi connectivity index (χ1) is 13.8. The maximum Gasteiger partial charge on any atom is 0.460 e. The summed E-state index contributed by atoms with van der Waals surface area (Å²) in [5.41, 5.74) is 0. The topological polar surface area (TPSA) is 38.7 Å². The van der Waals surface area contributed by atoms with Gasteiger partial charge in [0.2, 0.25) is 0 Å². The molecule has 0 atom stereocenters. The minimum atomic E-state index is -8.67. The van der Waals surface area contributed by atoms with Gasteiger partial charge in [0.25, 0.3) is 0 Å². The highest BCUT2D eigenvalue weighted by Crippen LogP contribution is 2.63. The van der Waals surface area contributed by atoms with Gasteiger partial charge >= 0.3 is 47.8 Å². The lowest BCUT2D eigenvalue weighted by atomic mass is 9.90. The van der Waals surface area contributed by atoms with Crippen LogP contribution in [0.1, 0.15) is 0 Å². The Kier molecular flexibility index (Phi) is 8.44. The van der Waals surface area contributed by atoms with Gasteiger partial charge in [0, 0.05) is 0 Å². The van der Waals surface area contributed by atoms with E-state index in [0.29, 0.717) is 0 Å². The molecule has 0 spiro atoms. The third-order valence-electron chi connectivity index (χ3n) is 3.44. The molecule has 0 aromatic carbocycles. The predicted octanol–water partition coefficient (Wildman–Crippen LogP) is 4.98. The first-order valence-corrected chi connectivity index (χ1v) is 7.35. The summed E-state index contributed by atoms with van der Waals surface area (Å²) in [4.78, 5) is 0. The van der Waals surface area contributed by atoms with Crippen LogP contribution in [-0.4, -0.2) is 79.4 Å². The minimum Gasteiger partial charge on any atom is -0.394 e. The number of halogens is 17. The van der Waals surface area contributed by atoms with Crippen molar-refractivity contribution in [1.29, 1.82) is 0 Å². The average Bonchev–Trinajstić information content (AvgIpc) is 2.59. The first-order valence-electron chi connectivity index (χ1n) is 7.35. The summed E-state index contributed by atoms with van der Waals surface area (Å²) in [5.74, 6) is -50.3. The summed E-state index contributed by atoms with van der Waals surface area (Å²) in [6.07, 6.45) is -14.7. The highest BCUT2D eigenvalue weighted by molar-refractivity contribution is 5.14. The van der Waals surface area contributed by atoms with Crippen molar-refractivity contribution in [1.82, 2.24) is 0 Å². The smallest absolute Gasteiger partial charge is 0.394 e. The molecule has 0 saturated heterocycles. The van der Waals surface area contributed by atoms with E-state index in [-0.39, 0.29) is 0 Å². The second-order valence-electron chi connectivity index (χ2n) is 5.65. The lowest BCUT2D eigenvalue weighted by Gasteiger charge is -2.42. The molecule has 0 aliphatic heterocycles. The Balaban J connectivity index is 6.25. The molecule has 0 aliphatic carbocycles. The number of alkyl halides is 17. The van der Waals surface area contributed by atoms with Gasteiger partial charge < -0.3 is 14.6 Å². The molecule has 0 aromatic heterocycles. The molecular weight excluding hydrogens is 515 g/mol. The van der Waals surface area contributed by atoms with Crippen molar-refractivity contribution >= 4 is 0 Å². The van der Waals surface area contributed by atoms with Crippen molar-refractivity contribution in [3.63, 3.8) is 0 Å². The average molecular weight is 524 g/mol. The van der Waals surface area contributed by atoms with E-state index in [9.17, 15) is 74.6 Å². The van der Waals surface area contributed by atoms with E-state index in [4.69, 9.17) is 5.11 Å². The number of aliphatic hydroxyl groups is 1. The van der Waals surface area contributed by atoms with Crippen LogP contribution < -0.4 is 0 Å². The summed E-state index contributed by atoms with van der Waals surface area (Å²) in [6.45, 7) is -4.61. The first kappa shape index (κ1) is 30.7. The van der Waals surface area contributed by atoms with E-state index in [1.165, 1.54) is 0 Å². The molecule has 0 aliphatic rings. The second-order valence-corrected chi connectivity index (χ2v) is 5.65. The van der Waals surface area contributed by atoms with Crippen molar-refractivity contribution < 1.29 is 89.2 Å². The Labute approximate surface area is 165 Å². The fraction of sp³-hybridized carbons (Fsp3) is 1.00. The van der Waals surface area contributed by atoms with Crippen molar-refractivity contribution in [2.24, 2.45) is 0 Å². The van der Waals surface area contributed by atoms with Crippen molar-refractivity contribution in [2.75, 3.05) is 26.4 Å². The molecule has 0 radical (unpaired) electrons. The summed E-state index contributed by atoms with van der Waals surface area (Å²) in [5, 5.41) is 8.23. The summed E-state index contributed by atoms with van der Waals surface area (Å²) < 4.78 is 226. The number of aliphatic hydroxyl groups excluding tert-OH is 1. The fourth-order valence-corrected chi connectivity index (χ4v) is 1.64. The molecule has 0 rings (SSSR count). The van der Waals surface area contributed by atoms with E-state index >= 15 is 0 Å². The monoisotopic (exact) mass is 524 g/mol. The maximum atomic E-state index is 13.4. The van der Waals surface area contributed by atoms with E-state index < -0.39 is 74.2 Å². The molecule has 32 heavy (non-hydrogen) atoms.